The normalized spacial score (nSPS) is 13.4. The number of carbonyl (C=O) groups is 2. The molecule has 1 aromatic carbocycles. The lowest BCUT2D eigenvalue weighted by molar-refractivity contribution is -0.115. The summed E-state index contributed by atoms with van der Waals surface area (Å²) in [6.45, 7) is 3.68. The van der Waals surface area contributed by atoms with Gasteiger partial charge in [-0.3, -0.25) is 4.79 Å². The molecule has 0 bridgehead atoms. The number of hydrogen-bond acceptors (Lipinski definition) is 4. The minimum absolute atomic E-state index is 0.108. The number of benzene rings is 1. The molecule has 3 rings (SSSR count). The topological polar surface area (TPSA) is 55.4 Å². The van der Waals surface area contributed by atoms with Crippen molar-refractivity contribution in [1.82, 2.24) is 0 Å². The van der Waals surface area contributed by atoms with E-state index in [4.69, 9.17) is 4.74 Å². The third kappa shape index (κ3) is 4.28. The molecule has 2 aromatic rings. The van der Waals surface area contributed by atoms with E-state index in [0.717, 1.165) is 36.8 Å². The molecule has 0 radical (unpaired) electrons. The summed E-state index contributed by atoms with van der Waals surface area (Å²) in [4.78, 5) is 26.2. The van der Waals surface area contributed by atoms with E-state index in [1.165, 1.54) is 16.2 Å². The summed E-state index contributed by atoms with van der Waals surface area (Å²) in [7, 11) is 0. The van der Waals surface area contributed by atoms with E-state index >= 15 is 0 Å². The van der Waals surface area contributed by atoms with Crippen molar-refractivity contribution in [2.75, 3.05) is 5.32 Å². The van der Waals surface area contributed by atoms with Gasteiger partial charge in [-0.05, 0) is 50.7 Å². The third-order valence-corrected chi connectivity index (χ3v) is 5.39. The quantitative estimate of drug-likeness (QED) is 0.808. The number of fused-ring (bicyclic) bond motifs is 1. The molecule has 0 fully saturated rings. The van der Waals surface area contributed by atoms with Crippen LogP contribution in [0.5, 0.6) is 0 Å². The van der Waals surface area contributed by atoms with Crippen molar-refractivity contribution in [3.8, 4) is 0 Å². The van der Waals surface area contributed by atoms with Gasteiger partial charge in [0.1, 0.15) is 5.00 Å². The summed E-state index contributed by atoms with van der Waals surface area (Å²) in [5.74, 6) is -0.437. The van der Waals surface area contributed by atoms with Crippen molar-refractivity contribution in [1.29, 1.82) is 0 Å². The largest absolute Gasteiger partial charge is 0.459 e. The summed E-state index contributed by atoms with van der Waals surface area (Å²) in [5, 5.41) is 3.59. The molecule has 1 aliphatic rings. The van der Waals surface area contributed by atoms with E-state index in [1.54, 1.807) is 0 Å². The predicted octanol–water partition coefficient (Wildman–Crippen LogP) is 4.37. The molecule has 4 nitrogen and oxygen atoms in total. The van der Waals surface area contributed by atoms with Gasteiger partial charge in [0.15, 0.2) is 0 Å². The maximum Gasteiger partial charge on any atom is 0.341 e. The van der Waals surface area contributed by atoms with Gasteiger partial charge in [0.25, 0.3) is 0 Å². The maximum absolute atomic E-state index is 12.6. The Labute approximate surface area is 152 Å². The Morgan fingerprint density at radius 1 is 1.16 bits per heavy atom. The van der Waals surface area contributed by atoms with Crippen molar-refractivity contribution < 1.29 is 14.3 Å². The van der Waals surface area contributed by atoms with Gasteiger partial charge in [-0.1, -0.05) is 30.3 Å². The molecule has 0 saturated heterocycles. The fraction of sp³-hybridized carbons (Fsp3) is 0.400. The number of carbonyl (C=O) groups excluding carboxylic acids is 2. The van der Waals surface area contributed by atoms with Crippen LogP contribution in [0.1, 0.15) is 53.1 Å². The van der Waals surface area contributed by atoms with Gasteiger partial charge in [0.05, 0.1) is 18.1 Å². The van der Waals surface area contributed by atoms with Crippen LogP contribution in [0, 0.1) is 0 Å². The van der Waals surface area contributed by atoms with Crippen molar-refractivity contribution >= 4 is 28.2 Å². The second kappa shape index (κ2) is 7.83. The van der Waals surface area contributed by atoms with Crippen molar-refractivity contribution in [2.45, 2.75) is 52.1 Å². The van der Waals surface area contributed by atoms with E-state index in [0.29, 0.717) is 17.0 Å². The first kappa shape index (κ1) is 17.7. The fourth-order valence-electron chi connectivity index (χ4n) is 3.09. The molecule has 1 aromatic heterocycles. The van der Waals surface area contributed by atoms with Crippen LogP contribution in [0.25, 0.3) is 0 Å². The zero-order valence-corrected chi connectivity index (χ0v) is 15.4. The Balaban J connectivity index is 1.83. The minimum Gasteiger partial charge on any atom is -0.459 e. The average molecular weight is 357 g/mol. The summed E-state index contributed by atoms with van der Waals surface area (Å²) < 4.78 is 5.42. The molecule has 25 heavy (non-hydrogen) atoms. The first-order valence-corrected chi connectivity index (χ1v) is 9.55. The number of nitrogens with one attached hydrogen (secondary N) is 1. The Morgan fingerprint density at radius 2 is 1.88 bits per heavy atom. The van der Waals surface area contributed by atoms with Crippen molar-refractivity contribution in [3.63, 3.8) is 0 Å². The highest BCUT2D eigenvalue weighted by atomic mass is 32.1. The zero-order valence-electron chi connectivity index (χ0n) is 14.6. The van der Waals surface area contributed by atoms with Crippen LogP contribution in [0.4, 0.5) is 5.00 Å². The van der Waals surface area contributed by atoms with Gasteiger partial charge in [0, 0.05) is 4.88 Å². The highest BCUT2D eigenvalue weighted by molar-refractivity contribution is 7.17. The number of rotatable bonds is 5. The van der Waals surface area contributed by atoms with Crippen LogP contribution >= 0.6 is 11.3 Å². The molecule has 1 heterocycles. The Hall–Kier alpha value is -2.14. The summed E-state index contributed by atoms with van der Waals surface area (Å²) in [5.41, 5.74) is 2.58. The lowest BCUT2D eigenvalue weighted by Crippen LogP contribution is -2.18. The van der Waals surface area contributed by atoms with Gasteiger partial charge in [-0.2, -0.15) is 0 Å². The van der Waals surface area contributed by atoms with Crippen molar-refractivity contribution in [3.05, 3.63) is 51.9 Å². The summed E-state index contributed by atoms with van der Waals surface area (Å²) in [6, 6.07) is 9.60. The number of ether oxygens (including phenoxy) is 1. The van der Waals surface area contributed by atoms with Crippen LogP contribution in [0.3, 0.4) is 0 Å². The molecule has 0 unspecified atom stereocenters. The van der Waals surface area contributed by atoms with Crippen LogP contribution in [-0.4, -0.2) is 18.0 Å². The second-order valence-corrected chi connectivity index (χ2v) is 7.68. The van der Waals surface area contributed by atoms with Crippen molar-refractivity contribution in [2.24, 2.45) is 0 Å². The monoisotopic (exact) mass is 357 g/mol. The number of anilines is 1. The standard InChI is InChI=1S/C20H23NO3S/c1-13(2)24-20(23)18-15-10-6-7-11-16(15)25-19(18)21-17(22)12-14-8-4-3-5-9-14/h3-5,8-9,13H,6-7,10-12H2,1-2H3,(H,21,22). The van der Waals surface area contributed by atoms with Gasteiger partial charge < -0.3 is 10.1 Å². The molecule has 1 amide bonds. The first-order valence-electron chi connectivity index (χ1n) is 8.74. The molecule has 1 aliphatic carbocycles. The molecule has 0 atom stereocenters. The van der Waals surface area contributed by atoms with Gasteiger partial charge >= 0.3 is 5.97 Å². The maximum atomic E-state index is 12.6. The molecule has 1 N–H and O–H groups in total. The van der Waals surface area contributed by atoms with E-state index in [1.807, 2.05) is 44.2 Å². The number of hydrogen-bond donors (Lipinski definition) is 1. The van der Waals surface area contributed by atoms with Gasteiger partial charge in [-0.15, -0.1) is 11.3 Å². The highest BCUT2D eigenvalue weighted by Gasteiger charge is 2.27. The summed E-state index contributed by atoms with van der Waals surface area (Å²) >= 11 is 1.52. The molecule has 0 saturated carbocycles. The number of esters is 1. The molecule has 0 spiro atoms. The Kier molecular flexibility index (Phi) is 5.53. The zero-order chi connectivity index (χ0) is 17.8. The first-order chi connectivity index (χ1) is 12.0. The van der Waals surface area contributed by atoms with E-state index in [-0.39, 0.29) is 18.0 Å². The smallest absolute Gasteiger partial charge is 0.341 e. The number of aryl methyl sites for hydroxylation is 1. The highest BCUT2D eigenvalue weighted by Crippen LogP contribution is 2.38. The van der Waals surface area contributed by atoms with Crippen LogP contribution < -0.4 is 5.32 Å². The minimum atomic E-state index is -0.329. The average Bonchev–Trinajstić information content (AvgIpc) is 2.92. The number of amides is 1. The van der Waals surface area contributed by atoms with E-state index < -0.39 is 0 Å². The van der Waals surface area contributed by atoms with Crippen LogP contribution in [-0.2, 0) is 28.8 Å². The Bertz CT molecular complexity index is 765. The second-order valence-electron chi connectivity index (χ2n) is 6.58. The molecule has 0 aliphatic heterocycles. The SMILES string of the molecule is CC(C)OC(=O)c1c(NC(=O)Cc2ccccc2)sc2c1CCCC2. The number of thiophene rings is 1. The molecular weight excluding hydrogens is 334 g/mol. The fourth-order valence-corrected chi connectivity index (χ4v) is 4.39. The van der Waals surface area contributed by atoms with Gasteiger partial charge in [0.2, 0.25) is 5.91 Å². The predicted molar refractivity (Wildman–Crippen MR) is 100 cm³/mol. The lowest BCUT2D eigenvalue weighted by Gasteiger charge is -2.14. The molecule has 5 heteroatoms. The molecule has 132 valence electrons. The Morgan fingerprint density at radius 3 is 2.60 bits per heavy atom. The lowest BCUT2D eigenvalue weighted by atomic mass is 9.95. The van der Waals surface area contributed by atoms with E-state index in [9.17, 15) is 9.59 Å². The van der Waals surface area contributed by atoms with Crippen LogP contribution in [0.2, 0.25) is 0 Å². The van der Waals surface area contributed by atoms with Crippen LogP contribution in [0.15, 0.2) is 30.3 Å². The summed E-state index contributed by atoms with van der Waals surface area (Å²) in [6.07, 6.45) is 4.16. The third-order valence-electron chi connectivity index (χ3n) is 4.18. The molecular formula is C20H23NO3S. The van der Waals surface area contributed by atoms with E-state index in [2.05, 4.69) is 5.32 Å². The van der Waals surface area contributed by atoms with Gasteiger partial charge in [-0.25, -0.2) is 4.79 Å².